The summed E-state index contributed by atoms with van der Waals surface area (Å²) in [5.41, 5.74) is 0.410. The van der Waals surface area contributed by atoms with Gasteiger partial charge in [-0.15, -0.1) is 0 Å². The summed E-state index contributed by atoms with van der Waals surface area (Å²) < 4.78 is 45.1. The largest absolute Gasteiger partial charge is 0.497 e. The molecule has 0 aliphatic heterocycles. The van der Waals surface area contributed by atoms with Crippen LogP contribution in [0.1, 0.15) is 39.7 Å². The highest BCUT2D eigenvalue weighted by atomic mass is 32.2. The monoisotopic (exact) mass is 611 g/mol. The van der Waals surface area contributed by atoms with E-state index in [1.807, 2.05) is 27.7 Å². The molecule has 3 aromatic rings. The van der Waals surface area contributed by atoms with Gasteiger partial charge in [-0.1, -0.05) is 37.3 Å². The number of carbonyl (C=O) groups excluding carboxylic acids is 2. The summed E-state index contributed by atoms with van der Waals surface area (Å²) in [6.07, 6.45) is 0.311. The van der Waals surface area contributed by atoms with E-state index in [9.17, 15) is 18.0 Å². The van der Waals surface area contributed by atoms with Gasteiger partial charge >= 0.3 is 0 Å². The number of anilines is 1. The van der Waals surface area contributed by atoms with Gasteiger partial charge in [-0.3, -0.25) is 13.9 Å². The summed E-state index contributed by atoms with van der Waals surface area (Å²) in [5, 5.41) is 2.96. The first kappa shape index (κ1) is 33.3. The van der Waals surface area contributed by atoms with Crippen LogP contribution in [0.2, 0.25) is 0 Å². The Morgan fingerprint density at radius 3 is 2.02 bits per heavy atom. The standard InChI is InChI=1S/C32H41N3O7S/c1-8-27(31(37)33-32(2,3)4)34(21-23-14-17-25(40-5)18-15-23)30(36)22-35(43(38,39)26-12-10-9-11-13-26)24-16-19-28(41-6)29(20-24)42-7/h9-20,27H,8,21-22H2,1-7H3,(H,33,37)/t27-/m0/s1. The quantitative estimate of drug-likeness (QED) is 0.300. The Morgan fingerprint density at radius 2 is 1.49 bits per heavy atom. The van der Waals surface area contributed by atoms with E-state index >= 15 is 0 Å². The predicted octanol–water partition coefficient (Wildman–Crippen LogP) is 4.63. The van der Waals surface area contributed by atoms with Crippen LogP contribution in [0.15, 0.2) is 77.7 Å². The van der Waals surface area contributed by atoms with Gasteiger partial charge in [0.05, 0.1) is 31.9 Å². The lowest BCUT2D eigenvalue weighted by molar-refractivity contribution is -0.141. The van der Waals surface area contributed by atoms with Crippen LogP contribution in [0.5, 0.6) is 17.2 Å². The van der Waals surface area contributed by atoms with Crippen molar-refractivity contribution in [3.8, 4) is 17.2 Å². The van der Waals surface area contributed by atoms with Crippen LogP contribution < -0.4 is 23.8 Å². The molecule has 0 heterocycles. The molecule has 0 unspecified atom stereocenters. The van der Waals surface area contributed by atoms with Crippen molar-refractivity contribution in [3.05, 3.63) is 78.4 Å². The number of nitrogens with one attached hydrogen (secondary N) is 1. The second kappa shape index (κ2) is 14.3. The molecule has 232 valence electrons. The first-order valence-electron chi connectivity index (χ1n) is 13.9. The Morgan fingerprint density at radius 1 is 0.860 bits per heavy atom. The number of rotatable bonds is 13. The molecule has 1 N–H and O–H groups in total. The van der Waals surface area contributed by atoms with Gasteiger partial charge in [0.25, 0.3) is 10.0 Å². The number of methoxy groups -OCH3 is 3. The van der Waals surface area contributed by atoms with E-state index in [2.05, 4.69) is 5.32 Å². The maximum Gasteiger partial charge on any atom is 0.264 e. The number of ether oxygens (including phenoxy) is 3. The third-order valence-corrected chi connectivity index (χ3v) is 8.45. The molecular formula is C32H41N3O7S. The third kappa shape index (κ3) is 8.41. The van der Waals surface area contributed by atoms with Crippen LogP contribution >= 0.6 is 0 Å². The minimum atomic E-state index is -4.22. The highest BCUT2D eigenvalue weighted by molar-refractivity contribution is 7.92. The first-order valence-corrected chi connectivity index (χ1v) is 15.3. The van der Waals surface area contributed by atoms with Crippen LogP contribution in [0.3, 0.4) is 0 Å². The molecule has 1 atom stereocenters. The van der Waals surface area contributed by atoms with Crippen LogP contribution in [0.4, 0.5) is 5.69 Å². The van der Waals surface area contributed by atoms with Gasteiger partial charge in [0, 0.05) is 18.2 Å². The Bertz CT molecular complexity index is 1490. The van der Waals surface area contributed by atoms with Crippen molar-refractivity contribution in [2.24, 2.45) is 0 Å². The molecule has 10 nitrogen and oxygen atoms in total. The second-order valence-electron chi connectivity index (χ2n) is 10.9. The average Bonchev–Trinajstić information content (AvgIpc) is 2.99. The zero-order valence-electron chi connectivity index (χ0n) is 25.8. The SMILES string of the molecule is CC[C@@H](C(=O)NC(C)(C)C)N(Cc1ccc(OC)cc1)C(=O)CN(c1ccc(OC)c(OC)c1)S(=O)(=O)c1ccccc1. The minimum absolute atomic E-state index is 0.0109. The molecule has 11 heteroatoms. The van der Waals surface area contributed by atoms with E-state index in [-0.39, 0.29) is 23.0 Å². The summed E-state index contributed by atoms with van der Waals surface area (Å²) in [6, 6.07) is 18.8. The van der Waals surface area contributed by atoms with Crippen LogP contribution in [-0.2, 0) is 26.2 Å². The molecule has 0 radical (unpaired) electrons. The lowest BCUT2D eigenvalue weighted by Gasteiger charge is -2.35. The van der Waals surface area contributed by atoms with Gasteiger partial charge in [-0.2, -0.15) is 0 Å². The summed E-state index contributed by atoms with van der Waals surface area (Å²) in [5.74, 6) is 0.460. The number of nitrogens with zero attached hydrogens (tertiary/aromatic N) is 2. The molecule has 43 heavy (non-hydrogen) atoms. The first-order chi connectivity index (χ1) is 20.3. The molecule has 0 aliphatic carbocycles. The summed E-state index contributed by atoms with van der Waals surface area (Å²) in [7, 11) is 0.262. The van der Waals surface area contributed by atoms with Crippen molar-refractivity contribution < 1.29 is 32.2 Å². The van der Waals surface area contributed by atoms with E-state index in [1.54, 1.807) is 61.7 Å². The number of carbonyl (C=O) groups is 2. The highest BCUT2D eigenvalue weighted by Crippen LogP contribution is 2.34. The second-order valence-corrected chi connectivity index (χ2v) is 12.8. The fourth-order valence-electron chi connectivity index (χ4n) is 4.53. The molecule has 0 bridgehead atoms. The van der Waals surface area contributed by atoms with E-state index in [1.165, 1.54) is 37.3 Å². The van der Waals surface area contributed by atoms with E-state index in [4.69, 9.17) is 14.2 Å². The maximum absolute atomic E-state index is 14.2. The minimum Gasteiger partial charge on any atom is -0.497 e. The van der Waals surface area contributed by atoms with Crippen molar-refractivity contribution >= 4 is 27.5 Å². The molecule has 3 rings (SSSR count). The van der Waals surface area contributed by atoms with Gasteiger partial charge < -0.3 is 24.4 Å². The molecule has 3 aromatic carbocycles. The molecule has 0 aromatic heterocycles. The number of hydrogen-bond donors (Lipinski definition) is 1. The van der Waals surface area contributed by atoms with Crippen molar-refractivity contribution in [1.29, 1.82) is 0 Å². The van der Waals surface area contributed by atoms with E-state index in [0.717, 1.165) is 9.87 Å². The summed E-state index contributed by atoms with van der Waals surface area (Å²) in [4.78, 5) is 29.1. The summed E-state index contributed by atoms with van der Waals surface area (Å²) in [6.45, 7) is 6.90. The van der Waals surface area contributed by atoms with Gasteiger partial charge in [0.2, 0.25) is 11.8 Å². The van der Waals surface area contributed by atoms with Crippen LogP contribution in [-0.4, -0.2) is 64.6 Å². The van der Waals surface area contributed by atoms with Crippen LogP contribution in [0, 0.1) is 0 Å². The Kier molecular flexibility index (Phi) is 11.0. The average molecular weight is 612 g/mol. The smallest absolute Gasteiger partial charge is 0.264 e. The summed E-state index contributed by atoms with van der Waals surface area (Å²) >= 11 is 0. The van der Waals surface area contributed by atoms with Crippen molar-refractivity contribution in [1.82, 2.24) is 10.2 Å². The number of sulfonamides is 1. The van der Waals surface area contributed by atoms with Crippen LogP contribution in [0.25, 0.3) is 0 Å². The van der Waals surface area contributed by atoms with E-state index in [0.29, 0.717) is 23.7 Å². The lowest BCUT2D eigenvalue weighted by atomic mass is 10.1. The highest BCUT2D eigenvalue weighted by Gasteiger charge is 2.35. The predicted molar refractivity (Wildman–Crippen MR) is 166 cm³/mol. The van der Waals surface area contributed by atoms with Crippen molar-refractivity contribution in [2.45, 2.75) is 57.1 Å². The fraction of sp³-hybridized carbons (Fsp3) is 0.375. The topological polar surface area (TPSA) is 114 Å². The molecule has 0 saturated heterocycles. The Hall–Kier alpha value is -4.25. The zero-order valence-corrected chi connectivity index (χ0v) is 26.6. The normalized spacial score (nSPS) is 12.2. The molecule has 0 aliphatic rings. The maximum atomic E-state index is 14.2. The molecule has 2 amide bonds. The lowest BCUT2D eigenvalue weighted by Crippen LogP contribution is -2.55. The third-order valence-electron chi connectivity index (χ3n) is 6.66. The van der Waals surface area contributed by atoms with Crippen molar-refractivity contribution in [2.75, 3.05) is 32.2 Å². The van der Waals surface area contributed by atoms with Gasteiger partial charge in [-0.25, -0.2) is 8.42 Å². The molecule has 0 fully saturated rings. The fourth-order valence-corrected chi connectivity index (χ4v) is 5.96. The molecular weight excluding hydrogens is 570 g/mol. The Balaban J connectivity index is 2.11. The number of amides is 2. The zero-order chi connectivity index (χ0) is 31.8. The van der Waals surface area contributed by atoms with Gasteiger partial charge in [-0.05, 0) is 69.2 Å². The number of benzene rings is 3. The van der Waals surface area contributed by atoms with Gasteiger partial charge in [0.15, 0.2) is 11.5 Å². The van der Waals surface area contributed by atoms with Gasteiger partial charge in [0.1, 0.15) is 18.3 Å². The van der Waals surface area contributed by atoms with Crippen molar-refractivity contribution in [3.63, 3.8) is 0 Å². The number of hydrogen-bond acceptors (Lipinski definition) is 7. The van der Waals surface area contributed by atoms with E-state index < -0.39 is 34.1 Å². The molecule has 0 saturated carbocycles. The Labute approximate surface area is 254 Å². The molecule has 0 spiro atoms.